The van der Waals surface area contributed by atoms with Crippen molar-refractivity contribution in [3.05, 3.63) is 62.2 Å². The van der Waals surface area contributed by atoms with Gasteiger partial charge in [0.1, 0.15) is 16.4 Å². The zero-order valence-electron chi connectivity index (χ0n) is 16.2. The second kappa shape index (κ2) is 7.69. The number of thiophene rings is 1. The van der Waals surface area contributed by atoms with Gasteiger partial charge < -0.3 is 14.8 Å². The molecule has 1 aliphatic rings. The molecular weight excluding hydrogens is 408 g/mol. The van der Waals surface area contributed by atoms with Crippen LogP contribution in [0.5, 0.6) is 5.75 Å². The molecule has 0 saturated heterocycles. The molecule has 0 fully saturated rings. The van der Waals surface area contributed by atoms with E-state index in [1.165, 1.54) is 10.9 Å². The highest BCUT2D eigenvalue weighted by atomic mass is 35.5. The number of aromatic nitrogens is 1. The number of carbonyl (C=O) groups is 1. The van der Waals surface area contributed by atoms with Gasteiger partial charge in [0.2, 0.25) is 0 Å². The molecule has 0 spiro atoms. The van der Waals surface area contributed by atoms with E-state index in [4.69, 9.17) is 11.6 Å². The summed E-state index contributed by atoms with van der Waals surface area (Å²) < 4.78 is 2.01. The van der Waals surface area contributed by atoms with Crippen molar-refractivity contribution in [3.8, 4) is 10.8 Å². The molecule has 7 heteroatoms. The van der Waals surface area contributed by atoms with E-state index in [0.29, 0.717) is 16.3 Å². The molecule has 0 bridgehead atoms. The molecule has 2 N–H and O–H groups in total. The lowest BCUT2D eigenvalue weighted by Crippen LogP contribution is -2.09. The molecule has 0 radical (unpaired) electrons. The van der Waals surface area contributed by atoms with E-state index in [1.807, 2.05) is 24.5 Å². The molecule has 4 rings (SSSR count). The number of hydrogen-bond donors (Lipinski definition) is 2. The summed E-state index contributed by atoms with van der Waals surface area (Å²) in [7, 11) is 0. The number of phenols is 1. The van der Waals surface area contributed by atoms with Crippen LogP contribution in [0.2, 0.25) is 5.02 Å². The average molecular weight is 429 g/mol. The van der Waals surface area contributed by atoms with Crippen LogP contribution < -0.4 is 0 Å². The number of fused-ring (bicyclic) bond motifs is 1. The lowest BCUT2D eigenvalue weighted by molar-refractivity contribution is 0.0696. The normalized spacial score (nSPS) is 13.8. The molecular formula is C22H21ClN2O3S. The van der Waals surface area contributed by atoms with Gasteiger partial charge in [0, 0.05) is 39.1 Å². The van der Waals surface area contributed by atoms with Gasteiger partial charge in [-0.1, -0.05) is 11.6 Å². The van der Waals surface area contributed by atoms with Crippen molar-refractivity contribution in [1.29, 1.82) is 0 Å². The van der Waals surface area contributed by atoms with Crippen LogP contribution in [0.4, 0.5) is 5.69 Å². The minimum atomic E-state index is -0.867. The van der Waals surface area contributed by atoms with Gasteiger partial charge in [-0.25, -0.2) is 4.79 Å². The molecule has 0 unspecified atom stereocenters. The smallest absolute Gasteiger partial charge is 0.339 e. The molecule has 3 aromatic rings. The van der Waals surface area contributed by atoms with E-state index in [1.54, 1.807) is 29.7 Å². The van der Waals surface area contributed by atoms with Crippen LogP contribution in [0.15, 0.2) is 29.3 Å². The molecule has 29 heavy (non-hydrogen) atoms. The number of aromatic carboxylic acids is 1. The Bertz CT molecular complexity index is 1140. The number of aliphatic imine (C=N–C) groups is 1. The first kappa shape index (κ1) is 19.7. The van der Waals surface area contributed by atoms with Gasteiger partial charge in [-0.15, -0.1) is 11.3 Å². The second-order valence-corrected chi connectivity index (χ2v) is 8.77. The largest absolute Gasteiger partial charge is 0.506 e. The van der Waals surface area contributed by atoms with E-state index in [2.05, 4.69) is 4.99 Å². The number of aryl methyl sites for hydroxylation is 2. The fourth-order valence-corrected chi connectivity index (χ4v) is 5.56. The maximum Gasteiger partial charge on any atom is 0.339 e. The molecule has 150 valence electrons. The Balaban J connectivity index is 1.78. The van der Waals surface area contributed by atoms with Crippen molar-refractivity contribution in [2.24, 2.45) is 4.99 Å². The van der Waals surface area contributed by atoms with Crippen LogP contribution in [0, 0.1) is 13.8 Å². The van der Waals surface area contributed by atoms with Gasteiger partial charge >= 0.3 is 5.97 Å². The Morgan fingerprint density at radius 2 is 2.00 bits per heavy atom. The molecule has 0 atom stereocenters. The third-order valence-electron chi connectivity index (χ3n) is 5.32. The Hall–Kier alpha value is -2.57. The van der Waals surface area contributed by atoms with Gasteiger partial charge in [0.25, 0.3) is 0 Å². The van der Waals surface area contributed by atoms with Crippen LogP contribution in [-0.4, -0.2) is 27.0 Å². The lowest BCUT2D eigenvalue weighted by Gasteiger charge is -2.11. The minimum absolute atomic E-state index is 0.0154. The fraction of sp³-hybridized carbons (Fsp3) is 0.273. The van der Waals surface area contributed by atoms with Crippen molar-refractivity contribution in [2.75, 3.05) is 0 Å². The number of benzene rings is 1. The number of carboxylic acids is 1. The van der Waals surface area contributed by atoms with Crippen molar-refractivity contribution in [2.45, 2.75) is 39.5 Å². The fourth-order valence-electron chi connectivity index (χ4n) is 3.91. The van der Waals surface area contributed by atoms with Crippen LogP contribution in [0.1, 0.15) is 50.6 Å². The number of rotatable bonds is 4. The summed E-state index contributed by atoms with van der Waals surface area (Å²) in [4.78, 5) is 17.6. The first-order valence-electron chi connectivity index (χ1n) is 9.46. The maximum atomic E-state index is 12.1. The monoisotopic (exact) mass is 428 g/mol. The molecule has 0 saturated carbocycles. The molecule has 0 amide bonds. The van der Waals surface area contributed by atoms with E-state index in [9.17, 15) is 15.0 Å². The van der Waals surface area contributed by atoms with E-state index in [0.717, 1.165) is 53.2 Å². The van der Waals surface area contributed by atoms with Crippen molar-refractivity contribution in [1.82, 2.24) is 4.57 Å². The highest BCUT2D eigenvalue weighted by molar-refractivity contribution is 7.15. The number of hydrogen-bond acceptors (Lipinski definition) is 4. The Labute approximate surface area is 177 Å². The summed E-state index contributed by atoms with van der Waals surface area (Å²) in [6.45, 7) is 3.93. The van der Waals surface area contributed by atoms with Crippen LogP contribution in [0.3, 0.4) is 0 Å². The first-order valence-corrected chi connectivity index (χ1v) is 10.7. The molecule has 2 heterocycles. The second-order valence-electron chi connectivity index (χ2n) is 7.25. The summed E-state index contributed by atoms with van der Waals surface area (Å²) in [5, 5.41) is 21.1. The molecule has 0 aliphatic heterocycles. The average Bonchev–Trinajstić information content (AvgIpc) is 3.17. The van der Waals surface area contributed by atoms with Gasteiger partial charge in [-0.2, -0.15) is 0 Å². The topological polar surface area (TPSA) is 74.8 Å². The Kier molecular flexibility index (Phi) is 5.23. The van der Waals surface area contributed by atoms with Crippen LogP contribution >= 0.6 is 22.9 Å². The zero-order valence-corrected chi connectivity index (χ0v) is 17.8. The number of phenolic OH excluding ortho intramolecular Hbond substituents is 1. The highest BCUT2D eigenvalue weighted by Crippen LogP contribution is 2.38. The first-order chi connectivity index (χ1) is 13.9. The highest BCUT2D eigenvalue weighted by Gasteiger charge is 2.27. The van der Waals surface area contributed by atoms with Crippen molar-refractivity contribution in [3.63, 3.8) is 0 Å². The predicted molar refractivity (Wildman–Crippen MR) is 117 cm³/mol. The summed E-state index contributed by atoms with van der Waals surface area (Å²) >= 11 is 7.46. The van der Waals surface area contributed by atoms with Gasteiger partial charge in [-0.05, 0) is 63.3 Å². The Morgan fingerprint density at radius 1 is 1.24 bits per heavy atom. The van der Waals surface area contributed by atoms with Crippen molar-refractivity contribution < 1.29 is 15.0 Å². The number of halogens is 1. The molecule has 1 aliphatic carbocycles. The summed E-state index contributed by atoms with van der Waals surface area (Å²) in [6.07, 6.45) is 5.62. The molecule has 5 nitrogen and oxygen atoms in total. The lowest BCUT2D eigenvalue weighted by atomic mass is 9.95. The number of carboxylic acid groups (broad SMARTS) is 1. The summed E-state index contributed by atoms with van der Waals surface area (Å²) in [5.74, 6) is -0.852. The van der Waals surface area contributed by atoms with Crippen molar-refractivity contribution >= 4 is 40.8 Å². The maximum absolute atomic E-state index is 12.1. The van der Waals surface area contributed by atoms with Crippen LogP contribution in [0.25, 0.3) is 5.00 Å². The third-order valence-corrected chi connectivity index (χ3v) is 6.83. The molecule has 2 aromatic heterocycles. The standard InChI is InChI=1S/C22H21ClN2O3S/c1-12-9-14(11-24-17-8-7-15(23)10-18(17)26)13(2)25(12)21-20(22(27)28)16-5-3-4-6-19(16)29-21/h7-11,26H,3-6H2,1-2H3,(H,27,28). The predicted octanol–water partition coefficient (Wildman–Crippen LogP) is 5.84. The minimum Gasteiger partial charge on any atom is -0.506 e. The van der Waals surface area contributed by atoms with Gasteiger partial charge in [0.15, 0.2) is 0 Å². The van der Waals surface area contributed by atoms with E-state index < -0.39 is 5.97 Å². The summed E-state index contributed by atoms with van der Waals surface area (Å²) in [6, 6.07) is 6.76. The number of nitrogens with zero attached hydrogens (tertiary/aromatic N) is 2. The van der Waals surface area contributed by atoms with Gasteiger partial charge in [0.05, 0.1) is 5.56 Å². The van der Waals surface area contributed by atoms with E-state index in [-0.39, 0.29) is 5.75 Å². The van der Waals surface area contributed by atoms with E-state index >= 15 is 0 Å². The third kappa shape index (κ3) is 3.58. The summed E-state index contributed by atoms with van der Waals surface area (Å²) in [5.41, 5.74) is 4.60. The molecule has 1 aromatic carbocycles. The van der Waals surface area contributed by atoms with Gasteiger partial charge in [-0.3, -0.25) is 4.99 Å². The Morgan fingerprint density at radius 3 is 2.72 bits per heavy atom. The zero-order chi connectivity index (χ0) is 20.7. The number of aromatic hydroxyl groups is 1. The quantitative estimate of drug-likeness (QED) is 0.512. The van der Waals surface area contributed by atoms with Crippen LogP contribution in [-0.2, 0) is 12.8 Å². The SMILES string of the molecule is Cc1cc(C=Nc2ccc(Cl)cc2O)c(C)n1-c1sc2c(c1C(=O)O)CCCC2.